The Morgan fingerprint density at radius 1 is 1.35 bits per heavy atom. The molecule has 1 aliphatic rings. The average molecular weight is 293 g/mol. The molecule has 1 amide bonds. The minimum atomic E-state index is -0.858. The Hall–Kier alpha value is -1.49. The number of carbonyl (C=O) groups excluding carboxylic acids is 1. The molecule has 0 aromatic heterocycles. The number of thioether (sulfide) groups is 1. The van der Waals surface area contributed by atoms with E-state index in [0.29, 0.717) is 6.42 Å². The van der Waals surface area contributed by atoms with E-state index in [0.717, 1.165) is 18.5 Å². The summed E-state index contributed by atoms with van der Waals surface area (Å²) in [5.74, 6) is -0.836. The Balaban J connectivity index is 1.87. The molecule has 1 aliphatic carbocycles. The number of carboxylic acid groups (broad SMARTS) is 1. The fraction of sp³-hybridized carbons (Fsp3) is 0.467. The van der Waals surface area contributed by atoms with Gasteiger partial charge in [-0.25, -0.2) is 0 Å². The number of nitrogens with one attached hydrogen (secondary N) is 1. The molecule has 5 heteroatoms. The zero-order valence-electron chi connectivity index (χ0n) is 11.5. The van der Waals surface area contributed by atoms with Gasteiger partial charge in [-0.15, -0.1) is 11.8 Å². The van der Waals surface area contributed by atoms with Gasteiger partial charge in [-0.3, -0.25) is 9.59 Å². The maximum absolute atomic E-state index is 11.8. The van der Waals surface area contributed by atoms with Gasteiger partial charge >= 0.3 is 5.97 Å². The summed E-state index contributed by atoms with van der Waals surface area (Å²) in [6, 6.07) is 6.01. The normalized spacial score (nSPS) is 14.7. The second-order valence-corrected chi connectivity index (χ2v) is 6.12. The minimum absolute atomic E-state index is 0.146. The van der Waals surface area contributed by atoms with Gasteiger partial charge in [0.25, 0.3) is 0 Å². The minimum Gasteiger partial charge on any atom is -0.480 e. The number of carbonyl (C=O) groups is 2. The van der Waals surface area contributed by atoms with Crippen LogP contribution in [0.4, 0.5) is 5.69 Å². The van der Waals surface area contributed by atoms with Crippen LogP contribution < -0.4 is 5.32 Å². The molecule has 2 N–H and O–H groups in total. The van der Waals surface area contributed by atoms with Crippen molar-refractivity contribution in [3.63, 3.8) is 0 Å². The summed E-state index contributed by atoms with van der Waals surface area (Å²) in [5.41, 5.74) is 3.49. The van der Waals surface area contributed by atoms with E-state index in [9.17, 15) is 9.59 Å². The molecule has 0 saturated heterocycles. The summed E-state index contributed by atoms with van der Waals surface area (Å²) in [6.07, 6.45) is 3.90. The lowest BCUT2D eigenvalue weighted by atomic mass is 10.1. The van der Waals surface area contributed by atoms with E-state index in [1.54, 1.807) is 0 Å². The zero-order chi connectivity index (χ0) is 14.5. The van der Waals surface area contributed by atoms with Crippen LogP contribution in [0.15, 0.2) is 18.2 Å². The highest BCUT2D eigenvalue weighted by molar-refractivity contribution is 8.01. The van der Waals surface area contributed by atoms with Crippen LogP contribution in [0.5, 0.6) is 0 Å². The number of fused-ring (bicyclic) bond motifs is 1. The van der Waals surface area contributed by atoms with E-state index >= 15 is 0 Å². The highest BCUT2D eigenvalue weighted by atomic mass is 32.2. The van der Waals surface area contributed by atoms with Crippen molar-refractivity contribution in [2.24, 2.45) is 0 Å². The first-order valence-corrected chi connectivity index (χ1v) is 7.91. The van der Waals surface area contributed by atoms with Crippen molar-refractivity contribution in [1.29, 1.82) is 0 Å². The molecule has 108 valence electrons. The van der Waals surface area contributed by atoms with Gasteiger partial charge in [0.2, 0.25) is 5.91 Å². The molecule has 0 fully saturated rings. The predicted octanol–water partition coefficient (Wildman–Crippen LogP) is 2.71. The largest absolute Gasteiger partial charge is 0.480 e. The monoisotopic (exact) mass is 293 g/mol. The Bertz CT molecular complexity index is 516. The molecule has 1 aromatic rings. The third kappa shape index (κ3) is 3.76. The van der Waals surface area contributed by atoms with Gasteiger partial charge in [-0.2, -0.15) is 0 Å². The fourth-order valence-electron chi connectivity index (χ4n) is 2.39. The Kier molecular flexibility index (Phi) is 5.06. The second kappa shape index (κ2) is 6.79. The summed E-state index contributed by atoms with van der Waals surface area (Å²) in [5, 5.41) is 11.3. The lowest BCUT2D eigenvalue weighted by molar-refractivity contribution is -0.136. The molecule has 0 aliphatic heterocycles. The number of hydrogen-bond donors (Lipinski definition) is 2. The van der Waals surface area contributed by atoms with Crippen LogP contribution in [0.2, 0.25) is 0 Å². The van der Waals surface area contributed by atoms with Gasteiger partial charge in [-0.1, -0.05) is 13.0 Å². The number of aliphatic carboxylic acids is 1. The van der Waals surface area contributed by atoms with E-state index in [-0.39, 0.29) is 11.7 Å². The number of amides is 1. The van der Waals surface area contributed by atoms with Crippen molar-refractivity contribution >= 4 is 29.3 Å². The Morgan fingerprint density at radius 2 is 2.10 bits per heavy atom. The molecule has 0 heterocycles. The van der Waals surface area contributed by atoms with Crippen LogP contribution in [0.3, 0.4) is 0 Å². The van der Waals surface area contributed by atoms with Gasteiger partial charge in [0.05, 0.1) is 5.75 Å². The van der Waals surface area contributed by atoms with Gasteiger partial charge in [-0.05, 0) is 48.9 Å². The summed E-state index contributed by atoms with van der Waals surface area (Å²) >= 11 is 1.17. The zero-order valence-corrected chi connectivity index (χ0v) is 12.3. The Morgan fingerprint density at radius 3 is 2.80 bits per heavy atom. The smallest absolute Gasteiger partial charge is 0.316 e. The van der Waals surface area contributed by atoms with Crippen LogP contribution >= 0.6 is 11.8 Å². The van der Waals surface area contributed by atoms with Crippen molar-refractivity contribution in [2.75, 3.05) is 11.1 Å². The first-order valence-electron chi connectivity index (χ1n) is 6.86. The van der Waals surface area contributed by atoms with Gasteiger partial charge in [0.1, 0.15) is 5.25 Å². The number of benzene rings is 1. The van der Waals surface area contributed by atoms with Crippen LogP contribution in [0.1, 0.15) is 30.9 Å². The second-order valence-electron chi connectivity index (χ2n) is 4.93. The molecule has 1 aromatic carbocycles. The van der Waals surface area contributed by atoms with E-state index in [1.165, 1.54) is 29.3 Å². The average Bonchev–Trinajstić information content (AvgIpc) is 2.86. The van der Waals surface area contributed by atoms with Crippen molar-refractivity contribution in [1.82, 2.24) is 0 Å². The standard InChI is InChI=1S/C15H19NO3S/c1-2-13(15(18)19)20-9-14(17)16-12-7-6-10-4-3-5-11(10)8-12/h6-8,13H,2-5,9H2,1H3,(H,16,17)(H,18,19). The lowest BCUT2D eigenvalue weighted by Gasteiger charge is -2.10. The molecule has 0 bridgehead atoms. The molecule has 20 heavy (non-hydrogen) atoms. The summed E-state index contributed by atoms with van der Waals surface area (Å²) in [7, 11) is 0. The summed E-state index contributed by atoms with van der Waals surface area (Å²) < 4.78 is 0. The number of anilines is 1. The van der Waals surface area contributed by atoms with E-state index in [4.69, 9.17) is 5.11 Å². The molecule has 1 atom stereocenters. The Labute approximate surface area is 123 Å². The number of rotatable bonds is 6. The van der Waals surface area contributed by atoms with Crippen molar-refractivity contribution in [2.45, 2.75) is 37.9 Å². The van der Waals surface area contributed by atoms with Crippen LogP contribution in [-0.4, -0.2) is 28.0 Å². The molecule has 2 rings (SSSR count). The van der Waals surface area contributed by atoms with E-state index in [2.05, 4.69) is 11.4 Å². The van der Waals surface area contributed by atoms with Crippen LogP contribution in [-0.2, 0) is 22.4 Å². The molecular weight excluding hydrogens is 274 g/mol. The van der Waals surface area contributed by atoms with Crippen LogP contribution in [0.25, 0.3) is 0 Å². The number of hydrogen-bond acceptors (Lipinski definition) is 3. The van der Waals surface area contributed by atoms with Crippen LogP contribution in [0, 0.1) is 0 Å². The summed E-state index contributed by atoms with van der Waals surface area (Å²) in [4.78, 5) is 22.7. The first kappa shape index (κ1) is 14.9. The van der Waals surface area contributed by atoms with E-state index in [1.807, 2.05) is 19.1 Å². The van der Waals surface area contributed by atoms with Crippen molar-refractivity contribution < 1.29 is 14.7 Å². The van der Waals surface area contributed by atoms with Gasteiger partial charge in [0, 0.05) is 5.69 Å². The maximum atomic E-state index is 11.8. The first-order chi connectivity index (χ1) is 9.60. The quantitative estimate of drug-likeness (QED) is 0.846. The molecule has 4 nitrogen and oxygen atoms in total. The van der Waals surface area contributed by atoms with Crippen molar-refractivity contribution in [3.8, 4) is 0 Å². The molecular formula is C15H19NO3S. The van der Waals surface area contributed by atoms with E-state index < -0.39 is 11.2 Å². The third-order valence-electron chi connectivity index (χ3n) is 3.44. The number of carboxylic acids is 1. The SMILES string of the molecule is CCC(SCC(=O)Nc1ccc2c(c1)CCC2)C(=O)O. The maximum Gasteiger partial charge on any atom is 0.316 e. The van der Waals surface area contributed by atoms with Gasteiger partial charge < -0.3 is 10.4 Å². The molecule has 0 radical (unpaired) electrons. The molecule has 0 spiro atoms. The fourth-order valence-corrected chi connectivity index (χ4v) is 3.19. The van der Waals surface area contributed by atoms with Crippen molar-refractivity contribution in [3.05, 3.63) is 29.3 Å². The summed E-state index contributed by atoms with van der Waals surface area (Å²) in [6.45, 7) is 1.81. The molecule has 0 saturated carbocycles. The highest BCUT2D eigenvalue weighted by Gasteiger charge is 2.17. The lowest BCUT2D eigenvalue weighted by Crippen LogP contribution is -2.20. The van der Waals surface area contributed by atoms with Gasteiger partial charge in [0.15, 0.2) is 0 Å². The highest BCUT2D eigenvalue weighted by Crippen LogP contribution is 2.25. The topological polar surface area (TPSA) is 66.4 Å². The predicted molar refractivity (Wildman–Crippen MR) is 81.3 cm³/mol. The molecule has 1 unspecified atom stereocenters. The third-order valence-corrected chi connectivity index (χ3v) is 4.81. The number of aryl methyl sites for hydroxylation is 2.